The molecule has 0 bridgehead atoms. The first-order valence-corrected chi connectivity index (χ1v) is 7.95. The van der Waals surface area contributed by atoms with E-state index in [9.17, 15) is 12.8 Å². The summed E-state index contributed by atoms with van der Waals surface area (Å²) in [6, 6.07) is 2.10. The molecule has 1 fully saturated rings. The van der Waals surface area contributed by atoms with Crippen molar-refractivity contribution < 1.29 is 27.0 Å². The van der Waals surface area contributed by atoms with Crippen LogP contribution in [0.3, 0.4) is 0 Å². The SMILES string of the molecule is COc1cc(F)c(S(=O)(=O)NCC2CCOC2)cc1OC. The summed E-state index contributed by atoms with van der Waals surface area (Å²) >= 11 is 0. The third-order valence-corrected chi connectivity index (χ3v) is 4.75. The molecule has 1 aromatic carbocycles. The fourth-order valence-corrected chi connectivity index (χ4v) is 3.28. The van der Waals surface area contributed by atoms with Gasteiger partial charge in [0.25, 0.3) is 0 Å². The summed E-state index contributed by atoms with van der Waals surface area (Å²) in [6.45, 7) is 1.35. The zero-order valence-electron chi connectivity index (χ0n) is 11.9. The van der Waals surface area contributed by atoms with Crippen LogP contribution < -0.4 is 14.2 Å². The summed E-state index contributed by atoms with van der Waals surface area (Å²) < 4.78 is 55.9. The Morgan fingerprint density at radius 1 is 1.33 bits per heavy atom. The number of benzene rings is 1. The van der Waals surface area contributed by atoms with Crippen molar-refractivity contribution >= 4 is 10.0 Å². The van der Waals surface area contributed by atoms with E-state index in [1.54, 1.807) is 0 Å². The molecule has 0 aromatic heterocycles. The zero-order valence-corrected chi connectivity index (χ0v) is 12.7. The molecule has 8 heteroatoms. The number of rotatable bonds is 6. The van der Waals surface area contributed by atoms with Gasteiger partial charge < -0.3 is 14.2 Å². The highest BCUT2D eigenvalue weighted by Crippen LogP contribution is 2.31. The molecule has 1 unspecified atom stereocenters. The molecule has 1 atom stereocenters. The maximum atomic E-state index is 14.0. The first-order chi connectivity index (χ1) is 9.97. The van der Waals surface area contributed by atoms with E-state index in [2.05, 4.69) is 4.72 Å². The largest absolute Gasteiger partial charge is 0.493 e. The molecule has 21 heavy (non-hydrogen) atoms. The van der Waals surface area contributed by atoms with Crippen LogP contribution in [0.5, 0.6) is 11.5 Å². The molecule has 1 saturated heterocycles. The van der Waals surface area contributed by atoms with E-state index in [-0.39, 0.29) is 24.0 Å². The van der Waals surface area contributed by atoms with Crippen molar-refractivity contribution in [1.29, 1.82) is 0 Å². The topological polar surface area (TPSA) is 73.9 Å². The highest BCUT2D eigenvalue weighted by atomic mass is 32.2. The Bertz CT molecular complexity index is 599. The second kappa shape index (κ2) is 6.59. The molecular formula is C13H18FNO5S. The Kier molecular flexibility index (Phi) is 5.02. The first-order valence-electron chi connectivity index (χ1n) is 6.47. The van der Waals surface area contributed by atoms with Gasteiger partial charge in [0.1, 0.15) is 10.7 Å². The van der Waals surface area contributed by atoms with Crippen LogP contribution in [-0.4, -0.2) is 42.4 Å². The van der Waals surface area contributed by atoms with E-state index in [4.69, 9.17) is 14.2 Å². The first kappa shape index (κ1) is 16.0. The summed E-state index contributed by atoms with van der Waals surface area (Å²) in [5.41, 5.74) is 0. The normalized spacial score (nSPS) is 18.7. The zero-order chi connectivity index (χ0) is 15.5. The molecule has 0 amide bonds. The van der Waals surface area contributed by atoms with Crippen LogP contribution in [0.25, 0.3) is 0 Å². The van der Waals surface area contributed by atoms with Crippen LogP contribution in [0.1, 0.15) is 6.42 Å². The quantitative estimate of drug-likeness (QED) is 0.852. The summed E-state index contributed by atoms with van der Waals surface area (Å²) in [7, 11) is -1.24. The fourth-order valence-electron chi connectivity index (χ4n) is 2.09. The van der Waals surface area contributed by atoms with Crippen LogP contribution in [0.15, 0.2) is 17.0 Å². The Labute approximate surface area is 123 Å². The second-order valence-electron chi connectivity index (χ2n) is 4.72. The lowest BCUT2D eigenvalue weighted by molar-refractivity contribution is 0.186. The number of nitrogens with one attached hydrogen (secondary N) is 1. The third-order valence-electron chi connectivity index (χ3n) is 3.31. The highest BCUT2D eigenvalue weighted by molar-refractivity contribution is 7.89. The molecule has 1 heterocycles. The Morgan fingerprint density at radius 2 is 2.00 bits per heavy atom. The summed E-state index contributed by atoms with van der Waals surface area (Å²) in [4.78, 5) is -0.459. The molecule has 0 saturated carbocycles. The van der Waals surface area contributed by atoms with Gasteiger partial charge in [-0.3, -0.25) is 0 Å². The molecule has 0 spiro atoms. The third kappa shape index (κ3) is 3.63. The van der Waals surface area contributed by atoms with Gasteiger partial charge >= 0.3 is 0 Å². The minimum Gasteiger partial charge on any atom is -0.493 e. The van der Waals surface area contributed by atoms with Crippen LogP contribution in [0, 0.1) is 11.7 Å². The molecular weight excluding hydrogens is 301 g/mol. The highest BCUT2D eigenvalue weighted by Gasteiger charge is 2.24. The second-order valence-corrected chi connectivity index (χ2v) is 6.45. The Morgan fingerprint density at radius 3 is 2.57 bits per heavy atom. The van der Waals surface area contributed by atoms with Gasteiger partial charge in [0, 0.05) is 25.3 Å². The number of hydrogen-bond acceptors (Lipinski definition) is 5. The molecule has 2 rings (SSSR count). The van der Waals surface area contributed by atoms with Crippen LogP contribution in [0.2, 0.25) is 0 Å². The lowest BCUT2D eigenvalue weighted by atomic mass is 10.1. The number of methoxy groups -OCH3 is 2. The number of sulfonamides is 1. The molecule has 118 valence electrons. The summed E-state index contributed by atoms with van der Waals surface area (Å²) in [6.07, 6.45) is 0.789. The Hall–Kier alpha value is -1.38. The fraction of sp³-hybridized carbons (Fsp3) is 0.538. The molecule has 1 N–H and O–H groups in total. The number of halogens is 1. The van der Waals surface area contributed by atoms with E-state index in [0.717, 1.165) is 18.6 Å². The van der Waals surface area contributed by atoms with E-state index in [0.29, 0.717) is 13.2 Å². The van der Waals surface area contributed by atoms with Crippen LogP contribution in [-0.2, 0) is 14.8 Å². The average Bonchev–Trinajstić information content (AvgIpc) is 2.98. The van der Waals surface area contributed by atoms with Crippen molar-refractivity contribution in [3.63, 3.8) is 0 Å². The standard InChI is InChI=1S/C13H18FNO5S/c1-18-11-5-10(14)13(6-12(11)19-2)21(16,17)15-7-9-3-4-20-8-9/h5-6,9,15H,3-4,7-8H2,1-2H3. The van der Waals surface area contributed by atoms with Crippen molar-refractivity contribution in [3.8, 4) is 11.5 Å². The summed E-state index contributed by atoms with van der Waals surface area (Å²) in [5, 5.41) is 0. The molecule has 6 nitrogen and oxygen atoms in total. The van der Waals surface area contributed by atoms with Gasteiger partial charge in [0.2, 0.25) is 10.0 Å². The molecule has 1 aromatic rings. The number of ether oxygens (including phenoxy) is 3. The van der Waals surface area contributed by atoms with Gasteiger partial charge in [0.05, 0.1) is 20.8 Å². The lowest BCUT2D eigenvalue weighted by Gasteiger charge is -2.13. The van der Waals surface area contributed by atoms with Crippen LogP contribution >= 0.6 is 0 Å². The van der Waals surface area contributed by atoms with Gasteiger partial charge in [-0.2, -0.15) is 0 Å². The van der Waals surface area contributed by atoms with Gasteiger partial charge in [-0.25, -0.2) is 17.5 Å². The Balaban J connectivity index is 2.22. The number of hydrogen-bond donors (Lipinski definition) is 1. The molecule has 1 aliphatic heterocycles. The van der Waals surface area contributed by atoms with E-state index >= 15 is 0 Å². The van der Waals surface area contributed by atoms with Gasteiger partial charge in [0.15, 0.2) is 11.5 Å². The minimum atomic E-state index is -3.95. The molecule has 0 radical (unpaired) electrons. The molecule has 0 aliphatic carbocycles. The maximum absolute atomic E-state index is 14.0. The predicted octanol–water partition coefficient (Wildman–Crippen LogP) is 1.16. The van der Waals surface area contributed by atoms with E-state index in [1.165, 1.54) is 14.2 Å². The van der Waals surface area contributed by atoms with Crippen molar-refractivity contribution in [1.82, 2.24) is 4.72 Å². The van der Waals surface area contributed by atoms with E-state index < -0.39 is 20.7 Å². The van der Waals surface area contributed by atoms with Crippen molar-refractivity contribution in [3.05, 3.63) is 17.9 Å². The predicted molar refractivity (Wildman–Crippen MR) is 73.6 cm³/mol. The van der Waals surface area contributed by atoms with Crippen molar-refractivity contribution in [2.45, 2.75) is 11.3 Å². The maximum Gasteiger partial charge on any atom is 0.243 e. The van der Waals surface area contributed by atoms with Gasteiger partial charge in [-0.15, -0.1) is 0 Å². The van der Waals surface area contributed by atoms with Crippen LogP contribution in [0.4, 0.5) is 4.39 Å². The van der Waals surface area contributed by atoms with Gasteiger partial charge in [-0.1, -0.05) is 0 Å². The monoisotopic (exact) mass is 319 g/mol. The smallest absolute Gasteiger partial charge is 0.243 e. The minimum absolute atomic E-state index is 0.114. The van der Waals surface area contributed by atoms with Gasteiger partial charge in [-0.05, 0) is 12.3 Å². The lowest BCUT2D eigenvalue weighted by Crippen LogP contribution is -2.30. The molecule has 1 aliphatic rings. The van der Waals surface area contributed by atoms with Crippen molar-refractivity contribution in [2.24, 2.45) is 5.92 Å². The van der Waals surface area contributed by atoms with E-state index in [1.807, 2.05) is 0 Å². The van der Waals surface area contributed by atoms with Crippen molar-refractivity contribution in [2.75, 3.05) is 34.0 Å². The summed E-state index contributed by atoms with van der Waals surface area (Å²) in [5.74, 6) is -0.479. The average molecular weight is 319 g/mol.